The van der Waals surface area contributed by atoms with E-state index in [9.17, 15) is 4.79 Å². The van der Waals surface area contributed by atoms with E-state index in [-0.39, 0.29) is 11.4 Å². The first-order valence-corrected chi connectivity index (χ1v) is 5.01. The highest BCUT2D eigenvalue weighted by Gasteiger charge is 2.01. The summed E-state index contributed by atoms with van der Waals surface area (Å²) in [5, 5.41) is 0. The molecule has 0 aliphatic carbocycles. The maximum atomic E-state index is 10.2. The van der Waals surface area contributed by atoms with E-state index in [0.29, 0.717) is 17.5 Å². The highest BCUT2D eigenvalue weighted by molar-refractivity contribution is 7.95. The van der Waals surface area contributed by atoms with Crippen molar-refractivity contribution in [3.8, 4) is 0 Å². The first-order valence-electron chi connectivity index (χ1n) is 2.80. The van der Waals surface area contributed by atoms with Gasteiger partial charge in [0.05, 0.1) is 12.5 Å². The molecule has 0 aromatic rings. The first-order chi connectivity index (χ1) is 4.13. The molecule has 0 unspecified atom stereocenters. The minimum atomic E-state index is -0.180. The van der Waals surface area contributed by atoms with Gasteiger partial charge in [-0.15, -0.1) is 0 Å². The lowest BCUT2D eigenvalue weighted by molar-refractivity contribution is -0.140. The molecule has 62 valence electrons. The molecule has 0 spiro atoms. The topological polar surface area (TPSA) is 56.3 Å². The zero-order chi connectivity index (χ0) is 7.28. The predicted molar refractivity (Wildman–Crippen MR) is 42.6 cm³/mol. The minimum absolute atomic E-state index is 0. The van der Waals surface area contributed by atoms with Crippen LogP contribution in [-0.2, 0) is 20.4 Å². The van der Waals surface area contributed by atoms with Gasteiger partial charge in [0.1, 0.15) is 12.4 Å². The molecule has 1 N–H and O–H groups in total. The van der Waals surface area contributed by atoms with Gasteiger partial charge in [0.2, 0.25) is 0 Å². The lowest BCUT2D eigenvalue weighted by Crippen LogP contribution is -2.11. The van der Waals surface area contributed by atoms with Crippen molar-refractivity contribution in [2.24, 2.45) is 0 Å². The van der Waals surface area contributed by atoms with Crippen molar-refractivity contribution in [1.29, 1.82) is 0 Å². The fraction of sp³-hybridized carbons (Fsp3) is 0.833. The molecule has 4 heteroatoms. The number of esters is 1. The van der Waals surface area contributed by atoms with Crippen LogP contribution in [0.15, 0.2) is 0 Å². The third-order valence-electron chi connectivity index (χ3n) is 0.797. The SMILES string of the molecule is CC(=O)OCC[S+](C)C.[OH-]. The van der Waals surface area contributed by atoms with Crippen LogP contribution in [-0.4, -0.2) is 36.3 Å². The van der Waals surface area contributed by atoms with Crippen molar-refractivity contribution < 1.29 is 15.0 Å². The van der Waals surface area contributed by atoms with Crippen LogP contribution in [0.5, 0.6) is 0 Å². The molecule has 10 heavy (non-hydrogen) atoms. The molecule has 0 radical (unpaired) electrons. The molecule has 0 aromatic heterocycles. The highest BCUT2D eigenvalue weighted by Crippen LogP contribution is 1.84. The van der Waals surface area contributed by atoms with Crippen molar-refractivity contribution in [2.45, 2.75) is 6.92 Å². The zero-order valence-electron chi connectivity index (χ0n) is 6.59. The van der Waals surface area contributed by atoms with Crippen LogP contribution in [0.2, 0.25) is 0 Å². The summed E-state index contributed by atoms with van der Waals surface area (Å²) >= 11 is 0. The second-order valence-electron chi connectivity index (χ2n) is 2.03. The van der Waals surface area contributed by atoms with E-state index < -0.39 is 0 Å². The lowest BCUT2D eigenvalue weighted by Gasteiger charge is -1.97. The Bertz CT molecular complexity index is 93.0. The molecule has 0 rings (SSSR count). The summed E-state index contributed by atoms with van der Waals surface area (Å²) in [6.45, 7) is 2.01. The Morgan fingerprint density at radius 2 is 2.00 bits per heavy atom. The van der Waals surface area contributed by atoms with Gasteiger partial charge in [-0.25, -0.2) is 0 Å². The van der Waals surface area contributed by atoms with Gasteiger partial charge in [-0.05, 0) is 10.9 Å². The van der Waals surface area contributed by atoms with Crippen molar-refractivity contribution in [1.82, 2.24) is 0 Å². The normalized spacial score (nSPS) is 8.80. The second-order valence-corrected chi connectivity index (χ2v) is 4.41. The third-order valence-corrected chi connectivity index (χ3v) is 1.78. The maximum Gasteiger partial charge on any atom is 0.302 e. The Morgan fingerprint density at radius 3 is 2.30 bits per heavy atom. The largest absolute Gasteiger partial charge is 0.870 e. The predicted octanol–water partition coefficient (Wildman–Crippen LogP) is 0.251. The molecule has 0 aromatic carbocycles. The van der Waals surface area contributed by atoms with E-state index in [0.717, 1.165) is 5.75 Å². The van der Waals surface area contributed by atoms with Gasteiger partial charge < -0.3 is 10.2 Å². The zero-order valence-corrected chi connectivity index (χ0v) is 7.40. The molecule has 0 atom stereocenters. The van der Waals surface area contributed by atoms with Gasteiger partial charge in [0, 0.05) is 6.92 Å². The summed E-state index contributed by atoms with van der Waals surface area (Å²) in [6.07, 6.45) is 4.26. The smallest absolute Gasteiger partial charge is 0.302 e. The molecule has 0 aliphatic rings. The van der Waals surface area contributed by atoms with E-state index in [1.165, 1.54) is 6.92 Å². The van der Waals surface area contributed by atoms with Gasteiger partial charge in [0.15, 0.2) is 0 Å². The standard InChI is InChI=1S/C6H13O2S.H2O/c1-6(7)8-4-5-9(2)3;/h4-5H2,1-3H3;1H2/q+1;/p-1. The number of hydrogen-bond donors (Lipinski definition) is 0. The Morgan fingerprint density at radius 1 is 1.50 bits per heavy atom. The van der Waals surface area contributed by atoms with Gasteiger partial charge in [0.25, 0.3) is 0 Å². The van der Waals surface area contributed by atoms with Crippen molar-refractivity contribution in [2.75, 3.05) is 24.9 Å². The molecule has 3 nitrogen and oxygen atoms in total. The fourth-order valence-corrected chi connectivity index (χ4v) is 0.769. The molecule has 0 heterocycles. The van der Waals surface area contributed by atoms with Crippen molar-refractivity contribution in [3.63, 3.8) is 0 Å². The summed E-state index contributed by atoms with van der Waals surface area (Å²) in [6, 6.07) is 0. The van der Waals surface area contributed by atoms with E-state index in [1.807, 2.05) is 0 Å². The molecule has 0 saturated heterocycles. The average Bonchev–Trinajstić information content (AvgIpc) is 1.63. The second kappa shape index (κ2) is 6.89. The first kappa shape index (κ1) is 12.5. The van der Waals surface area contributed by atoms with Crippen LogP contribution in [0.1, 0.15) is 6.92 Å². The number of carbonyl (C=O) groups is 1. The minimum Gasteiger partial charge on any atom is -0.870 e. The third kappa shape index (κ3) is 10.7. The maximum absolute atomic E-state index is 10.2. The summed E-state index contributed by atoms with van der Waals surface area (Å²) in [4.78, 5) is 10.2. The molecular weight excluding hydrogens is 152 g/mol. The summed E-state index contributed by atoms with van der Waals surface area (Å²) < 4.78 is 4.72. The molecule has 0 amide bonds. The molecule has 0 fully saturated rings. The number of ether oxygens (including phenoxy) is 1. The van der Waals surface area contributed by atoms with E-state index in [4.69, 9.17) is 4.74 Å². The molecule has 0 bridgehead atoms. The Hall–Kier alpha value is -0.220. The van der Waals surface area contributed by atoms with Gasteiger partial charge >= 0.3 is 5.97 Å². The average molecular weight is 166 g/mol. The highest BCUT2D eigenvalue weighted by atomic mass is 32.2. The quantitative estimate of drug-likeness (QED) is 0.446. The van der Waals surface area contributed by atoms with Gasteiger partial charge in [-0.3, -0.25) is 4.79 Å². The summed E-state index contributed by atoms with van der Waals surface area (Å²) in [5.74, 6) is 0.806. The molecule has 0 saturated carbocycles. The van der Waals surface area contributed by atoms with E-state index >= 15 is 0 Å². The van der Waals surface area contributed by atoms with E-state index in [2.05, 4.69) is 12.5 Å². The number of hydrogen-bond acceptors (Lipinski definition) is 3. The molecule has 0 aliphatic heterocycles. The van der Waals surface area contributed by atoms with Crippen molar-refractivity contribution >= 4 is 16.9 Å². The van der Waals surface area contributed by atoms with Crippen LogP contribution in [0.4, 0.5) is 0 Å². The summed E-state index contributed by atoms with van der Waals surface area (Å²) in [7, 11) is 0.391. The van der Waals surface area contributed by atoms with Crippen molar-refractivity contribution in [3.05, 3.63) is 0 Å². The number of rotatable bonds is 3. The Balaban J connectivity index is 0. The summed E-state index contributed by atoms with van der Waals surface area (Å²) in [5.41, 5.74) is 0. The van der Waals surface area contributed by atoms with Crippen LogP contribution in [0, 0.1) is 0 Å². The fourth-order valence-electron chi connectivity index (χ4n) is 0.352. The van der Waals surface area contributed by atoms with Gasteiger partial charge in [-0.1, -0.05) is 0 Å². The number of carbonyl (C=O) groups excluding carboxylic acids is 1. The van der Waals surface area contributed by atoms with E-state index in [1.54, 1.807) is 0 Å². The lowest BCUT2D eigenvalue weighted by atomic mass is 10.8. The van der Waals surface area contributed by atoms with Gasteiger partial charge in [-0.2, -0.15) is 0 Å². The Kier molecular flexibility index (Phi) is 8.59. The Labute approximate surface area is 64.4 Å². The monoisotopic (exact) mass is 166 g/mol. The van der Waals surface area contributed by atoms with Crippen LogP contribution < -0.4 is 0 Å². The van der Waals surface area contributed by atoms with Crippen LogP contribution in [0.25, 0.3) is 0 Å². The molecular formula is C6H14O3S. The van der Waals surface area contributed by atoms with Crippen LogP contribution >= 0.6 is 0 Å². The van der Waals surface area contributed by atoms with Crippen LogP contribution in [0.3, 0.4) is 0 Å².